The fraction of sp³-hybridized carbons (Fsp3) is 0.125. The van der Waals surface area contributed by atoms with Crippen LogP contribution in [-0.4, -0.2) is 4.98 Å². The van der Waals surface area contributed by atoms with Gasteiger partial charge < -0.3 is 16.2 Å². The van der Waals surface area contributed by atoms with E-state index in [1.807, 2.05) is 18.2 Å². The van der Waals surface area contributed by atoms with Crippen LogP contribution in [0.25, 0.3) is 11.1 Å². The summed E-state index contributed by atoms with van der Waals surface area (Å²) in [6.45, 7) is 0. The molecule has 0 saturated carbocycles. The first kappa shape index (κ1) is 13.0. The summed E-state index contributed by atoms with van der Waals surface area (Å²) < 4.78 is 5.55. The first-order valence-corrected chi connectivity index (χ1v) is 6.56. The number of aromatic nitrogens is 1. The number of benzene rings is 1. The Morgan fingerprint density at radius 2 is 2.00 bits per heavy atom. The third-order valence-corrected chi connectivity index (χ3v) is 3.43. The van der Waals surface area contributed by atoms with Crippen LogP contribution in [0.5, 0.6) is 0 Å². The molecule has 1 aliphatic rings. The number of nitrogens with two attached hydrogens (primary N) is 2. The molecule has 0 amide bonds. The van der Waals surface area contributed by atoms with Crippen LogP contribution in [0.15, 0.2) is 42.7 Å². The number of hydrogen-bond donors (Lipinski definition) is 2. The highest BCUT2D eigenvalue weighted by Gasteiger charge is 2.22. The minimum atomic E-state index is -0.154. The Labute approximate surface area is 122 Å². The van der Waals surface area contributed by atoms with Crippen molar-refractivity contribution in [3.8, 4) is 17.2 Å². The van der Waals surface area contributed by atoms with E-state index in [-0.39, 0.29) is 6.10 Å². The number of ether oxygens (including phenoxy) is 1. The number of hydrogen-bond acceptors (Lipinski definition) is 5. The van der Waals surface area contributed by atoms with Gasteiger partial charge in [-0.2, -0.15) is 5.26 Å². The third-order valence-electron chi connectivity index (χ3n) is 3.43. The van der Waals surface area contributed by atoms with Crippen LogP contribution in [0.3, 0.4) is 0 Å². The molecule has 1 aromatic heterocycles. The molecule has 3 rings (SSSR count). The number of nitrogens with zero attached hydrogens (tertiary/aromatic N) is 2. The number of nitriles is 1. The van der Waals surface area contributed by atoms with Crippen molar-refractivity contribution in [2.24, 2.45) is 0 Å². The summed E-state index contributed by atoms with van der Waals surface area (Å²) in [5.74, 6) is 0.304. The van der Waals surface area contributed by atoms with E-state index < -0.39 is 0 Å². The highest BCUT2D eigenvalue weighted by molar-refractivity contribution is 5.74. The largest absolute Gasteiger partial charge is 0.492 e. The fourth-order valence-electron chi connectivity index (χ4n) is 2.32. The highest BCUT2D eigenvalue weighted by Crippen LogP contribution is 2.36. The molecule has 1 atom stereocenters. The van der Waals surface area contributed by atoms with Crippen molar-refractivity contribution >= 4 is 11.5 Å². The van der Waals surface area contributed by atoms with Crippen LogP contribution in [0.2, 0.25) is 0 Å². The van der Waals surface area contributed by atoms with E-state index in [2.05, 4.69) is 11.1 Å². The Balaban J connectivity index is 2.11. The van der Waals surface area contributed by atoms with E-state index in [1.54, 1.807) is 24.5 Å². The predicted molar refractivity (Wildman–Crippen MR) is 80.8 cm³/mol. The molecular weight excluding hydrogens is 264 g/mol. The monoisotopic (exact) mass is 278 g/mol. The van der Waals surface area contributed by atoms with Gasteiger partial charge in [-0.15, -0.1) is 0 Å². The van der Waals surface area contributed by atoms with E-state index in [4.69, 9.17) is 21.5 Å². The van der Waals surface area contributed by atoms with Gasteiger partial charge in [-0.1, -0.05) is 12.1 Å². The lowest BCUT2D eigenvalue weighted by molar-refractivity contribution is 0.170. The molecule has 0 bridgehead atoms. The lowest BCUT2D eigenvalue weighted by atomic mass is 9.98. The zero-order valence-electron chi connectivity index (χ0n) is 11.3. The molecule has 2 aromatic rings. The summed E-state index contributed by atoms with van der Waals surface area (Å²) in [5, 5.41) is 8.88. The number of pyridine rings is 1. The van der Waals surface area contributed by atoms with Crippen LogP contribution in [0.1, 0.15) is 23.8 Å². The molecule has 104 valence electrons. The molecule has 1 aliphatic heterocycles. The fourth-order valence-corrected chi connectivity index (χ4v) is 2.32. The lowest BCUT2D eigenvalue weighted by Crippen LogP contribution is -2.07. The van der Waals surface area contributed by atoms with Crippen molar-refractivity contribution in [2.75, 3.05) is 11.5 Å². The smallest absolute Gasteiger partial charge is 0.147 e. The minimum absolute atomic E-state index is 0.154. The van der Waals surface area contributed by atoms with Crippen molar-refractivity contribution in [1.82, 2.24) is 4.98 Å². The van der Waals surface area contributed by atoms with Gasteiger partial charge in [0.1, 0.15) is 11.9 Å². The topological polar surface area (TPSA) is 98.0 Å². The molecule has 0 radical (unpaired) electrons. The van der Waals surface area contributed by atoms with Gasteiger partial charge >= 0.3 is 0 Å². The van der Waals surface area contributed by atoms with E-state index in [1.165, 1.54) is 0 Å². The van der Waals surface area contributed by atoms with Crippen LogP contribution < -0.4 is 11.5 Å². The van der Waals surface area contributed by atoms with Crippen LogP contribution in [-0.2, 0) is 4.74 Å². The first-order chi connectivity index (χ1) is 10.2. The molecule has 0 saturated heterocycles. The van der Waals surface area contributed by atoms with Gasteiger partial charge in [0.05, 0.1) is 29.3 Å². The zero-order chi connectivity index (χ0) is 14.8. The standard InChI is InChI=1S/C16H14N4O/c17-9-10-3-5-11(6-4-10)12-8-13(18)16(19)20-15(12)14-2-1-7-21-14/h1,3-8,14H,2,18H2,(H2,19,20). The summed E-state index contributed by atoms with van der Waals surface area (Å²) in [4.78, 5) is 4.40. The molecule has 2 heterocycles. The molecule has 4 N–H and O–H groups in total. The molecule has 21 heavy (non-hydrogen) atoms. The van der Waals surface area contributed by atoms with Crippen molar-refractivity contribution < 1.29 is 4.74 Å². The maximum absolute atomic E-state index is 8.88. The zero-order valence-corrected chi connectivity index (χ0v) is 11.3. The van der Waals surface area contributed by atoms with Gasteiger partial charge in [-0.25, -0.2) is 4.98 Å². The predicted octanol–water partition coefficient (Wildman–Crippen LogP) is 2.76. The van der Waals surface area contributed by atoms with Crippen LogP contribution in [0.4, 0.5) is 11.5 Å². The normalized spacial score (nSPS) is 16.4. The van der Waals surface area contributed by atoms with Crippen molar-refractivity contribution in [2.45, 2.75) is 12.5 Å². The minimum Gasteiger partial charge on any atom is -0.492 e. The van der Waals surface area contributed by atoms with Gasteiger partial charge in [0, 0.05) is 12.0 Å². The second-order valence-corrected chi connectivity index (χ2v) is 4.82. The Hall–Kier alpha value is -3.00. The summed E-state index contributed by atoms with van der Waals surface area (Å²) in [7, 11) is 0. The second kappa shape index (κ2) is 5.17. The number of anilines is 2. The molecule has 1 unspecified atom stereocenters. The quantitative estimate of drug-likeness (QED) is 0.880. The first-order valence-electron chi connectivity index (χ1n) is 6.56. The molecule has 0 spiro atoms. The Kier molecular flexibility index (Phi) is 3.20. The van der Waals surface area contributed by atoms with Gasteiger partial charge in [-0.3, -0.25) is 0 Å². The maximum atomic E-state index is 8.88. The molecule has 0 fully saturated rings. The highest BCUT2D eigenvalue weighted by atomic mass is 16.5. The van der Waals surface area contributed by atoms with Crippen LogP contribution in [0, 0.1) is 11.3 Å². The SMILES string of the molecule is N#Cc1ccc(-c2cc(N)c(N)nc2C2CC=CO2)cc1. The summed E-state index contributed by atoms with van der Waals surface area (Å²) in [6.07, 6.45) is 4.21. The van der Waals surface area contributed by atoms with E-state index >= 15 is 0 Å². The number of rotatable bonds is 2. The molecule has 5 heteroatoms. The molecule has 5 nitrogen and oxygen atoms in total. The summed E-state index contributed by atoms with van der Waals surface area (Å²) in [6, 6.07) is 11.2. The van der Waals surface area contributed by atoms with E-state index in [0.29, 0.717) is 17.1 Å². The molecular formula is C16H14N4O. The Morgan fingerprint density at radius 1 is 1.24 bits per heavy atom. The molecule has 0 aliphatic carbocycles. The number of nitrogen functional groups attached to an aromatic ring is 2. The lowest BCUT2D eigenvalue weighted by Gasteiger charge is -2.16. The van der Waals surface area contributed by atoms with Gasteiger partial charge in [0.2, 0.25) is 0 Å². The summed E-state index contributed by atoms with van der Waals surface area (Å²) >= 11 is 0. The average Bonchev–Trinajstić information content (AvgIpc) is 3.04. The van der Waals surface area contributed by atoms with Gasteiger partial charge in [0.15, 0.2) is 0 Å². The maximum Gasteiger partial charge on any atom is 0.147 e. The Bertz CT molecular complexity index is 736. The Morgan fingerprint density at radius 3 is 2.62 bits per heavy atom. The second-order valence-electron chi connectivity index (χ2n) is 4.82. The van der Waals surface area contributed by atoms with Crippen LogP contribution >= 0.6 is 0 Å². The van der Waals surface area contributed by atoms with E-state index in [0.717, 1.165) is 23.2 Å². The van der Waals surface area contributed by atoms with Gasteiger partial charge in [-0.05, 0) is 29.8 Å². The van der Waals surface area contributed by atoms with E-state index in [9.17, 15) is 0 Å². The van der Waals surface area contributed by atoms with Crippen molar-refractivity contribution in [3.63, 3.8) is 0 Å². The van der Waals surface area contributed by atoms with Crippen molar-refractivity contribution in [1.29, 1.82) is 5.26 Å². The molecule has 1 aromatic carbocycles. The van der Waals surface area contributed by atoms with Crippen molar-refractivity contribution in [3.05, 3.63) is 53.9 Å². The third kappa shape index (κ3) is 2.39. The summed E-state index contributed by atoms with van der Waals surface area (Å²) in [5.41, 5.74) is 15.3. The average molecular weight is 278 g/mol. The van der Waals surface area contributed by atoms with Gasteiger partial charge in [0.25, 0.3) is 0 Å².